The smallest absolute Gasteiger partial charge is 0.126 e. The van der Waals surface area contributed by atoms with Gasteiger partial charge in [-0.2, -0.15) is 0 Å². The van der Waals surface area contributed by atoms with Crippen LogP contribution >= 0.6 is 0 Å². The molecule has 2 N–H and O–H groups in total. The second-order valence-electron chi connectivity index (χ2n) is 3.81. The second-order valence-corrected chi connectivity index (χ2v) is 3.81. The van der Waals surface area contributed by atoms with Crippen LogP contribution in [0.15, 0.2) is 12.1 Å². The van der Waals surface area contributed by atoms with Crippen molar-refractivity contribution in [2.24, 2.45) is 5.73 Å². The van der Waals surface area contributed by atoms with E-state index >= 15 is 0 Å². The molecule has 0 aliphatic carbocycles. The highest BCUT2D eigenvalue weighted by Crippen LogP contribution is 2.29. The van der Waals surface area contributed by atoms with Crippen LogP contribution in [0.25, 0.3) is 0 Å². The summed E-state index contributed by atoms with van der Waals surface area (Å²) in [6, 6.07) is 4.02. The van der Waals surface area contributed by atoms with Crippen molar-refractivity contribution in [2.75, 3.05) is 14.2 Å². The van der Waals surface area contributed by atoms with Gasteiger partial charge in [-0.05, 0) is 37.5 Å². The number of methoxy groups -OCH3 is 2. The molecule has 0 saturated heterocycles. The number of benzene rings is 1. The summed E-state index contributed by atoms with van der Waals surface area (Å²) in [5.74, 6) is 1.67. The van der Waals surface area contributed by atoms with E-state index in [1.54, 1.807) is 14.2 Å². The summed E-state index contributed by atoms with van der Waals surface area (Å²) in [7, 11) is 3.32. The molecule has 0 aliphatic heterocycles. The van der Waals surface area contributed by atoms with Crippen molar-refractivity contribution in [3.8, 4) is 11.5 Å². The van der Waals surface area contributed by atoms with Gasteiger partial charge in [0.25, 0.3) is 0 Å². The van der Waals surface area contributed by atoms with Gasteiger partial charge in [-0.15, -0.1) is 0 Å². The van der Waals surface area contributed by atoms with Crippen LogP contribution in [0.3, 0.4) is 0 Å². The molecule has 0 aromatic heterocycles. The van der Waals surface area contributed by atoms with Crippen molar-refractivity contribution in [1.29, 1.82) is 0 Å². The van der Waals surface area contributed by atoms with Crippen molar-refractivity contribution in [3.05, 3.63) is 23.3 Å². The van der Waals surface area contributed by atoms with Gasteiger partial charge in [0.2, 0.25) is 0 Å². The fourth-order valence-corrected chi connectivity index (χ4v) is 1.64. The SMILES string of the molecule is COc1cc(C)c(CC(C)N)c(OC)c1. The third-order valence-corrected chi connectivity index (χ3v) is 2.39. The van der Waals surface area contributed by atoms with E-state index in [2.05, 4.69) is 0 Å². The van der Waals surface area contributed by atoms with Crippen LogP contribution in [0.4, 0.5) is 0 Å². The number of nitrogens with two attached hydrogens (primary N) is 1. The van der Waals surface area contributed by atoms with Gasteiger partial charge in [-0.3, -0.25) is 0 Å². The molecule has 0 fully saturated rings. The third-order valence-electron chi connectivity index (χ3n) is 2.39. The first-order valence-electron chi connectivity index (χ1n) is 5.05. The van der Waals surface area contributed by atoms with Crippen LogP contribution in [-0.4, -0.2) is 20.3 Å². The maximum Gasteiger partial charge on any atom is 0.126 e. The lowest BCUT2D eigenvalue weighted by atomic mass is 10.0. The second kappa shape index (κ2) is 5.03. The van der Waals surface area contributed by atoms with Gasteiger partial charge >= 0.3 is 0 Å². The molecule has 1 aromatic rings. The average molecular weight is 209 g/mol. The number of rotatable bonds is 4. The number of aryl methyl sites for hydroxylation is 1. The van der Waals surface area contributed by atoms with Crippen LogP contribution in [0.1, 0.15) is 18.1 Å². The molecule has 3 heteroatoms. The van der Waals surface area contributed by atoms with E-state index in [1.807, 2.05) is 26.0 Å². The first kappa shape index (κ1) is 11.9. The molecule has 15 heavy (non-hydrogen) atoms. The molecule has 0 spiro atoms. The molecule has 0 amide bonds. The summed E-state index contributed by atoms with van der Waals surface area (Å²) in [5.41, 5.74) is 8.12. The molecule has 0 heterocycles. The Balaban J connectivity index is 3.12. The molecule has 84 valence electrons. The van der Waals surface area contributed by atoms with Crippen molar-refractivity contribution >= 4 is 0 Å². The molecule has 1 aromatic carbocycles. The third kappa shape index (κ3) is 2.86. The Hall–Kier alpha value is -1.22. The minimum atomic E-state index is 0.131. The number of hydrogen-bond donors (Lipinski definition) is 1. The van der Waals surface area contributed by atoms with Gasteiger partial charge < -0.3 is 15.2 Å². The van der Waals surface area contributed by atoms with E-state index in [0.717, 1.165) is 29.0 Å². The molecular formula is C12H19NO2. The van der Waals surface area contributed by atoms with Crippen LogP contribution < -0.4 is 15.2 Å². The topological polar surface area (TPSA) is 44.5 Å². The summed E-state index contributed by atoms with van der Waals surface area (Å²) in [4.78, 5) is 0. The largest absolute Gasteiger partial charge is 0.497 e. The molecule has 0 saturated carbocycles. The van der Waals surface area contributed by atoms with Gasteiger partial charge in [0, 0.05) is 12.1 Å². The number of ether oxygens (including phenoxy) is 2. The summed E-state index contributed by atoms with van der Waals surface area (Å²) in [6.07, 6.45) is 0.818. The summed E-state index contributed by atoms with van der Waals surface area (Å²) < 4.78 is 10.5. The lowest BCUT2D eigenvalue weighted by Crippen LogP contribution is -2.19. The van der Waals surface area contributed by atoms with Crippen LogP contribution in [0, 0.1) is 6.92 Å². The van der Waals surface area contributed by atoms with Crippen LogP contribution in [-0.2, 0) is 6.42 Å². The van der Waals surface area contributed by atoms with Crippen LogP contribution in [0.5, 0.6) is 11.5 Å². The van der Waals surface area contributed by atoms with E-state index in [4.69, 9.17) is 15.2 Å². The summed E-state index contributed by atoms with van der Waals surface area (Å²) in [6.45, 7) is 4.03. The predicted molar refractivity (Wildman–Crippen MR) is 61.6 cm³/mol. The Bertz CT molecular complexity index is 335. The van der Waals surface area contributed by atoms with Crippen LogP contribution in [0.2, 0.25) is 0 Å². The van der Waals surface area contributed by atoms with E-state index in [1.165, 1.54) is 0 Å². The number of hydrogen-bond acceptors (Lipinski definition) is 3. The molecule has 1 atom stereocenters. The van der Waals surface area contributed by atoms with Gasteiger partial charge in [-0.25, -0.2) is 0 Å². The zero-order valence-corrected chi connectivity index (χ0v) is 9.83. The predicted octanol–water partition coefficient (Wildman–Crippen LogP) is 1.90. The Labute approximate surface area is 91.2 Å². The molecule has 1 unspecified atom stereocenters. The molecule has 3 nitrogen and oxygen atoms in total. The minimum absolute atomic E-state index is 0.131. The van der Waals surface area contributed by atoms with Crippen molar-refractivity contribution in [3.63, 3.8) is 0 Å². The monoisotopic (exact) mass is 209 g/mol. The summed E-state index contributed by atoms with van der Waals surface area (Å²) in [5, 5.41) is 0. The van der Waals surface area contributed by atoms with E-state index in [0.29, 0.717) is 0 Å². The van der Waals surface area contributed by atoms with Gasteiger partial charge in [0.05, 0.1) is 14.2 Å². The Kier molecular flexibility index (Phi) is 3.97. The molecule has 0 bridgehead atoms. The van der Waals surface area contributed by atoms with E-state index in [-0.39, 0.29) is 6.04 Å². The zero-order valence-electron chi connectivity index (χ0n) is 9.83. The first-order valence-corrected chi connectivity index (χ1v) is 5.05. The Morgan fingerprint density at radius 3 is 2.40 bits per heavy atom. The highest BCUT2D eigenvalue weighted by atomic mass is 16.5. The fourth-order valence-electron chi connectivity index (χ4n) is 1.64. The lowest BCUT2D eigenvalue weighted by molar-refractivity contribution is 0.389. The average Bonchev–Trinajstić information content (AvgIpc) is 2.20. The Morgan fingerprint density at radius 2 is 1.93 bits per heavy atom. The van der Waals surface area contributed by atoms with Crippen molar-refractivity contribution < 1.29 is 9.47 Å². The van der Waals surface area contributed by atoms with Gasteiger partial charge in [0.1, 0.15) is 11.5 Å². The normalized spacial score (nSPS) is 12.3. The van der Waals surface area contributed by atoms with E-state index < -0.39 is 0 Å². The standard InChI is InChI=1S/C12H19NO2/c1-8-5-10(14-3)7-12(15-4)11(8)6-9(2)13/h5,7,9H,6,13H2,1-4H3. The zero-order chi connectivity index (χ0) is 11.4. The summed E-state index contributed by atoms with van der Waals surface area (Å²) >= 11 is 0. The Morgan fingerprint density at radius 1 is 1.27 bits per heavy atom. The van der Waals surface area contributed by atoms with E-state index in [9.17, 15) is 0 Å². The lowest BCUT2D eigenvalue weighted by Gasteiger charge is -2.15. The highest BCUT2D eigenvalue weighted by Gasteiger charge is 2.10. The van der Waals surface area contributed by atoms with Crippen molar-refractivity contribution in [2.45, 2.75) is 26.3 Å². The quantitative estimate of drug-likeness (QED) is 0.823. The fraction of sp³-hybridized carbons (Fsp3) is 0.500. The van der Waals surface area contributed by atoms with Crippen molar-refractivity contribution in [1.82, 2.24) is 0 Å². The highest BCUT2D eigenvalue weighted by molar-refractivity contribution is 5.46. The molecule has 0 radical (unpaired) electrons. The first-order chi connectivity index (χ1) is 7.08. The minimum Gasteiger partial charge on any atom is -0.497 e. The molecular weight excluding hydrogens is 190 g/mol. The molecule has 1 rings (SSSR count). The maximum atomic E-state index is 5.80. The maximum absolute atomic E-state index is 5.80. The van der Waals surface area contributed by atoms with Gasteiger partial charge in [0.15, 0.2) is 0 Å². The molecule has 0 aliphatic rings. The van der Waals surface area contributed by atoms with Gasteiger partial charge in [-0.1, -0.05) is 0 Å².